The van der Waals surface area contributed by atoms with E-state index in [9.17, 15) is 0 Å². The van der Waals surface area contributed by atoms with Gasteiger partial charge in [-0.05, 0) is 49.8 Å². The molecule has 2 rings (SSSR count). The first-order chi connectivity index (χ1) is 8.33. The number of hydrogen-bond acceptors (Lipinski definition) is 2. The number of allylic oxidation sites excluding steroid dienone is 3. The van der Waals surface area contributed by atoms with Crippen LogP contribution in [0.15, 0.2) is 36.0 Å². The molecule has 0 bridgehead atoms. The Balaban J connectivity index is 2.24. The molecule has 0 aromatic carbocycles. The highest BCUT2D eigenvalue weighted by Gasteiger charge is 2.50. The minimum Gasteiger partial charge on any atom is -0.426 e. The average Bonchev–Trinajstić information content (AvgIpc) is 2.42. The molecule has 0 radical (unpaired) electrons. The Labute approximate surface area is 111 Å². The Morgan fingerprint density at radius 3 is 2.67 bits per heavy atom. The van der Waals surface area contributed by atoms with Crippen LogP contribution in [0.4, 0.5) is 0 Å². The van der Waals surface area contributed by atoms with E-state index in [1.807, 2.05) is 6.20 Å². The van der Waals surface area contributed by atoms with Crippen LogP contribution < -0.4 is 5.32 Å². The first kappa shape index (κ1) is 13.5. The second-order valence-corrected chi connectivity index (χ2v) is 6.49. The lowest BCUT2D eigenvalue weighted by Crippen LogP contribution is -2.34. The van der Waals surface area contributed by atoms with Gasteiger partial charge in [0.2, 0.25) is 0 Å². The molecule has 0 atom stereocenters. The fourth-order valence-corrected chi connectivity index (χ4v) is 2.56. The summed E-state index contributed by atoms with van der Waals surface area (Å²) in [4.78, 5) is 0. The SMILES string of the molecule is C=C1CCN/C=C\C=C1B1CC(C)(C)C(C)(C)O1. The minimum absolute atomic E-state index is 0.0802. The molecule has 0 aliphatic carbocycles. The molecule has 0 spiro atoms. The molecule has 0 aromatic heterocycles. The maximum absolute atomic E-state index is 6.29. The predicted molar refractivity (Wildman–Crippen MR) is 78.5 cm³/mol. The van der Waals surface area contributed by atoms with Gasteiger partial charge in [-0.2, -0.15) is 0 Å². The Bertz CT molecular complexity index is 391. The molecule has 0 amide bonds. The lowest BCUT2D eigenvalue weighted by Gasteiger charge is -2.34. The van der Waals surface area contributed by atoms with Gasteiger partial charge in [-0.15, -0.1) is 0 Å². The molecule has 18 heavy (non-hydrogen) atoms. The van der Waals surface area contributed by atoms with Crippen molar-refractivity contribution in [2.24, 2.45) is 5.41 Å². The molecule has 98 valence electrons. The summed E-state index contributed by atoms with van der Waals surface area (Å²) in [6.45, 7) is 14.3. The van der Waals surface area contributed by atoms with E-state index in [0.717, 1.165) is 19.3 Å². The third kappa shape index (κ3) is 2.42. The van der Waals surface area contributed by atoms with Gasteiger partial charge in [0, 0.05) is 6.54 Å². The van der Waals surface area contributed by atoms with Crippen LogP contribution in [0.5, 0.6) is 0 Å². The van der Waals surface area contributed by atoms with Gasteiger partial charge < -0.3 is 9.97 Å². The van der Waals surface area contributed by atoms with Crippen molar-refractivity contribution < 1.29 is 4.65 Å². The summed E-state index contributed by atoms with van der Waals surface area (Å²) in [5.74, 6) is 0. The molecule has 2 heterocycles. The quantitative estimate of drug-likeness (QED) is 0.715. The summed E-state index contributed by atoms with van der Waals surface area (Å²) < 4.78 is 6.29. The highest BCUT2D eigenvalue weighted by atomic mass is 16.5. The molecule has 2 nitrogen and oxygen atoms in total. The standard InChI is InChI=1S/C15H24BNO/c1-12-8-10-17-9-6-7-13(12)16-11-14(2,3)15(4,5)18-16/h6-7,9,17H,1,8,10-11H2,2-5H3/b9-6-,13-7?. The zero-order chi connectivity index (χ0) is 13.4. The third-order valence-corrected chi connectivity index (χ3v) is 4.58. The van der Waals surface area contributed by atoms with E-state index >= 15 is 0 Å². The Morgan fingerprint density at radius 2 is 2.06 bits per heavy atom. The molecular weight excluding hydrogens is 221 g/mol. The van der Waals surface area contributed by atoms with Crippen molar-refractivity contribution in [2.75, 3.05) is 6.54 Å². The maximum Gasteiger partial charge on any atom is 0.328 e. The molecule has 2 aliphatic heterocycles. The van der Waals surface area contributed by atoms with Gasteiger partial charge in [0.25, 0.3) is 0 Å². The molecule has 1 N–H and O–H groups in total. The number of rotatable bonds is 1. The van der Waals surface area contributed by atoms with Crippen LogP contribution >= 0.6 is 0 Å². The van der Waals surface area contributed by atoms with E-state index in [-0.39, 0.29) is 17.9 Å². The largest absolute Gasteiger partial charge is 0.426 e. The lowest BCUT2D eigenvalue weighted by atomic mass is 9.51. The first-order valence-electron chi connectivity index (χ1n) is 6.79. The van der Waals surface area contributed by atoms with Crippen molar-refractivity contribution in [2.45, 2.75) is 46.0 Å². The van der Waals surface area contributed by atoms with Crippen LogP contribution in [0.3, 0.4) is 0 Å². The molecule has 3 heteroatoms. The summed E-state index contributed by atoms with van der Waals surface area (Å²) in [6, 6.07) is 0. The van der Waals surface area contributed by atoms with E-state index < -0.39 is 0 Å². The highest BCUT2D eigenvalue weighted by molar-refractivity contribution is 6.62. The second-order valence-electron chi connectivity index (χ2n) is 6.49. The fourth-order valence-electron chi connectivity index (χ4n) is 2.56. The van der Waals surface area contributed by atoms with E-state index in [1.54, 1.807) is 0 Å². The second kappa shape index (κ2) is 4.62. The third-order valence-electron chi connectivity index (χ3n) is 4.58. The van der Waals surface area contributed by atoms with Gasteiger partial charge >= 0.3 is 6.92 Å². The lowest BCUT2D eigenvalue weighted by molar-refractivity contribution is 0.0371. The Morgan fingerprint density at radius 1 is 1.33 bits per heavy atom. The van der Waals surface area contributed by atoms with Crippen LogP contribution in [0.2, 0.25) is 6.32 Å². The van der Waals surface area contributed by atoms with Gasteiger partial charge in [0.15, 0.2) is 0 Å². The Hall–Kier alpha value is -0.955. The van der Waals surface area contributed by atoms with Crippen LogP contribution in [0.25, 0.3) is 0 Å². The topological polar surface area (TPSA) is 21.3 Å². The van der Waals surface area contributed by atoms with Crippen LogP contribution in [-0.4, -0.2) is 19.1 Å². The first-order valence-corrected chi connectivity index (χ1v) is 6.79. The monoisotopic (exact) mass is 245 g/mol. The minimum atomic E-state index is -0.0802. The maximum atomic E-state index is 6.29. The molecule has 1 fully saturated rings. The molecule has 0 aromatic rings. The van der Waals surface area contributed by atoms with Gasteiger partial charge in [-0.25, -0.2) is 0 Å². The van der Waals surface area contributed by atoms with Crippen molar-refractivity contribution in [3.05, 3.63) is 36.0 Å². The zero-order valence-corrected chi connectivity index (χ0v) is 12.0. The molecule has 2 aliphatic rings. The summed E-state index contributed by atoms with van der Waals surface area (Å²) in [5.41, 5.74) is 2.59. The number of hydrogen-bond donors (Lipinski definition) is 1. The van der Waals surface area contributed by atoms with Crippen molar-refractivity contribution in [3.8, 4) is 0 Å². The van der Waals surface area contributed by atoms with Gasteiger partial charge in [0.05, 0.1) is 5.60 Å². The van der Waals surface area contributed by atoms with Crippen molar-refractivity contribution in [1.82, 2.24) is 5.32 Å². The van der Waals surface area contributed by atoms with E-state index in [2.05, 4.69) is 51.7 Å². The Kier molecular flexibility index (Phi) is 3.46. The van der Waals surface area contributed by atoms with Crippen LogP contribution in [-0.2, 0) is 4.65 Å². The van der Waals surface area contributed by atoms with Crippen LogP contribution in [0, 0.1) is 5.41 Å². The summed E-state index contributed by atoms with van der Waals surface area (Å²) >= 11 is 0. The van der Waals surface area contributed by atoms with E-state index in [4.69, 9.17) is 4.65 Å². The molecule has 0 unspecified atom stereocenters. The van der Waals surface area contributed by atoms with Crippen molar-refractivity contribution in [1.29, 1.82) is 0 Å². The van der Waals surface area contributed by atoms with Gasteiger partial charge in [0.1, 0.15) is 0 Å². The zero-order valence-electron chi connectivity index (χ0n) is 12.0. The van der Waals surface area contributed by atoms with Gasteiger partial charge in [-0.1, -0.05) is 32.1 Å². The van der Waals surface area contributed by atoms with Gasteiger partial charge in [-0.3, -0.25) is 0 Å². The number of nitrogens with one attached hydrogen (secondary N) is 1. The summed E-state index contributed by atoms with van der Waals surface area (Å²) in [6.07, 6.45) is 8.25. The molecule has 1 saturated heterocycles. The van der Waals surface area contributed by atoms with E-state index in [1.165, 1.54) is 11.0 Å². The summed E-state index contributed by atoms with van der Waals surface area (Å²) in [7, 11) is 0. The molecular formula is C15H24BNO. The highest BCUT2D eigenvalue weighted by Crippen LogP contribution is 2.47. The fraction of sp³-hybridized carbons (Fsp3) is 0.600. The van der Waals surface area contributed by atoms with Crippen molar-refractivity contribution in [3.63, 3.8) is 0 Å². The average molecular weight is 245 g/mol. The normalized spacial score (nSPS) is 28.1. The van der Waals surface area contributed by atoms with Crippen LogP contribution in [0.1, 0.15) is 34.1 Å². The smallest absolute Gasteiger partial charge is 0.328 e. The van der Waals surface area contributed by atoms with E-state index in [0.29, 0.717) is 0 Å². The van der Waals surface area contributed by atoms with Crippen molar-refractivity contribution >= 4 is 6.92 Å². The predicted octanol–water partition coefficient (Wildman–Crippen LogP) is 3.34. The summed E-state index contributed by atoms with van der Waals surface area (Å²) in [5, 5.41) is 3.23. The molecule has 0 saturated carbocycles.